The summed E-state index contributed by atoms with van der Waals surface area (Å²) in [5.41, 5.74) is 3.26. The summed E-state index contributed by atoms with van der Waals surface area (Å²) in [6.07, 6.45) is 5.77. The molecular formula is C16H14N2OS2. The van der Waals surface area contributed by atoms with Crippen molar-refractivity contribution >= 4 is 45.4 Å². The van der Waals surface area contributed by atoms with E-state index in [-0.39, 0.29) is 0 Å². The van der Waals surface area contributed by atoms with Gasteiger partial charge in [0.2, 0.25) is 0 Å². The highest BCUT2D eigenvalue weighted by atomic mass is 32.2. The fourth-order valence-electron chi connectivity index (χ4n) is 2.77. The summed E-state index contributed by atoms with van der Waals surface area (Å²) >= 11 is 3.45. The Morgan fingerprint density at radius 1 is 1.48 bits per heavy atom. The van der Waals surface area contributed by atoms with E-state index in [0.29, 0.717) is 0 Å². The van der Waals surface area contributed by atoms with Gasteiger partial charge in [-0.05, 0) is 36.2 Å². The number of thioether (sulfide) groups is 2. The van der Waals surface area contributed by atoms with Crippen molar-refractivity contribution in [3.8, 4) is 0 Å². The molecule has 21 heavy (non-hydrogen) atoms. The molecule has 0 atom stereocenters. The average Bonchev–Trinajstić information content (AvgIpc) is 3.20. The first kappa shape index (κ1) is 13.1. The fraction of sp³-hybridized carbons (Fsp3) is 0.188. The third-order valence-corrected chi connectivity index (χ3v) is 5.53. The molecule has 2 aromatic rings. The van der Waals surface area contributed by atoms with Crippen LogP contribution in [-0.4, -0.2) is 29.4 Å². The highest BCUT2D eigenvalue weighted by Crippen LogP contribution is 2.44. The Labute approximate surface area is 131 Å². The van der Waals surface area contributed by atoms with E-state index in [2.05, 4.69) is 34.9 Å². The number of nitrogens with zero attached hydrogens (tertiary/aromatic N) is 2. The molecule has 106 valence electrons. The predicted octanol–water partition coefficient (Wildman–Crippen LogP) is 4.43. The van der Waals surface area contributed by atoms with Gasteiger partial charge < -0.3 is 9.32 Å². The lowest BCUT2D eigenvalue weighted by atomic mass is 10.1. The quantitative estimate of drug-likeness (QED) is 0.784. The molecule has 2 aliphatic heterocycles. The molecule has 0 fully saturated rings. The van der Waals surface area contributed by atoms with Gasteiger partial charge in [0.15, 0.2) is 5.17 Å². The minimum absolute atomic E-state index is 0.861. The van der Waals surface area contributed by atoms with Crippen molar-refractivity contribution in [3.63, 3.8) is 0 Å². The van der Waals surface area contributed by atoms with Crippen molar-refractivity contribution in [2.24, 2.45) is 4.99 Å². The molecule has 4 rings (SSSR count). The lowest BCUT2D eigenvalue weighted by molar-refractivity contribution is 0.608. The van der Waals surface area contributed by atoms with E-state index < -0.39 is 0 Å². The van der Waals surface area contributed by atoms with Gasteiger partial charge in [-0.25, -0.2) is 0 Å². The van der Waals surface area contributed by atoms with Gasteiger partial charge >= 0.3 is 0 Å². The van der Waals surface area contributed by atoms with E-state index in [4.69, 9.17) is 4.42 Å². The molecule has 1 aromatic carbocycles. The number of hydrogen-bond acceptors (Lipinski definition) is 5. The number of hydrogen-bond donors (Lipinski definition) is 0. The molecule has 0 spiro atoms. The Morgan fingerprint density at radius 3 is 3.19 bits per heavy atom. The second kappa shape index (κ2) is 5.00. The van der Waals surface area contributed by atoms with Crippen LogP contribution in [0.25, 0.3) is 16.7 Å². The second-order valence-corrected chi connectivity index (χ2v) is 6.74. The maximum Gasteiger partial charge on any atom is 0.168 e. The predicted molar refractivity (Wildman–Crippen MR) is 91.7 cm³/mol. The summed E-state index contributed by atoms with van der Waals surface area (Å²) < 4.78 is 5.75. The summed E-state index contributed by atoms with van der Waals surface area (Å²) in [5, 5.41) is 2.22. The van der Waals surface area contributed by atoms with Gasteiger partial charge in [-0.1, -0.05) is 12.7 Å². The maximum absolute atomic E-state index is 5.75. The minimum Gasteiger partial charge on any atom is -0.464 e. The second-order valence-electron chi connectivity index (χ2n) is 4.85. The third-order valence-electron chi connectivity index (χ3n) is 3.71. The van der Waals surface area contributed by atoms with Crippen LogP contribution in [0.15, 0.2) is 56.3 Å². The molecule has 0 aliphatic carbocycles. The summed E-state index contributed by atoms with van der Waals surface area (Å²) in [4.78, 5) is 9.24. The standard InChI is InChI=1S/C16H14N2OS2/c1-3-13-14(18-6-5-17-16(18)21-13)12-9-11(20-2)8-10-4-7-19-15(10)12/h3-4,7-9H,1,5-6H2,2H3. The Kier molecular flexibility index (Phi) is 3.12. The van der Waals surface area contributed by atoms with E-state index in [1.165, 1.54) is 10.6 Å². The molecule has 0 amide bonds. The molecular weight excluding hydrogens is 300 g/mol. The number of aliphatic imine (C=N–C) groups is 1. The van der Waals surface area contributed by atoms with Crippen molar-refractivity contribution in [2.45, 2.75) is 4.90 Å². The van der Waals surface area contributed by atoms with Crippen molar-refractivity contribution < 1.29 is 4.42 Å². The van der Waals surface area contributed by atoms with Gasteiger partial charge in [-0.15, -0.1) is 11.8 Å². The van der Waals surface area contributed by atoms with Crippen LogP contribution in [0.4, 0.5) is 0 Å². The summed E-state index contributed by atoms with van der Waals surface area (Å²) in [5.74, 6) is 0. The lowest BCUT2D eigenvalue weighted by Crippen LogP contribution is -2.20. The normalized spacial score (nSPS) is 17.6. The lowest BCUT2D eigenvalue weighted by Gasteiger charge is -2.18. The first-order chi connectivity index (χ1) is 10.3. The van der Waals surface area contributed by atoms with Gasteiger partial charge in [-0.3, -0.25) is 4.99 Å². The van der Waals surface area contributed by atoms with Gasteiger partial charge in [0.25, 0.3) is 0 Å². The van der Waals surface area contributed by atoms with Crippen LogP contribution >= 0.6 is 23.5 Å². The average molecular weight is 314 g/mol. The van der Waals surface area contributed by atoms with E-state index in [1.807, 2.05) is 12.1 Å². The molecule has 0 radical (unpaired) electrons. The molecule has 3 heterocycles. The number of benzene rings is 1. The molecule has 3 nitrogen and oxygen atoms in total. The van der Waals surface area contributed by atoms with Gasteiger partial charge in [0.1, 0.15) is 5.58 Å². The SMILES string of the molecule is C=CC1=C(c2cc(SC)cc3ccoc23)N2CCN=C2S1. The van der Waals surface area contributed by atoms with E-state index in [0.717, 1.165) is 39.7 Å². The van der Waals surface area contributed by atoms with E-state index >= 15 is 0 Å². The molecule has 1 aromatic heterocycles. The van der Waals surface area contributed by atoms with Crippen LogP contribution in [0.2, 0.25) is 0 Å². The Morgan fingerprint density at radius 2 is 2.38 bits per heavy atom. The summed E-state index contributed by atoms with van der Waals surface area (Å²) in [7, 11) is 0. The van der Waals surface area contributed by atoms with Crippen LogP contribution in [0.3, 0.4) is 0 Å². The van der Waals surface area contributed by atoms with Crippen LogP contribution in [-0.2, 0) is 0 Å². The van der Waals surface area contributed by atoms with Crippen molar-refractivity contribution in [3.05, 3.63) is 47.6 Å². The zero-order valence-electron chi connectivity index (χ0n) is 11.6. The first-order valence-corrected chi connectivity index (χ1v) is 8.78. The minimum atomic E-state index is 0.861. The van der Waals surface area contributed by atoms with Crippen molar-refractivity contribution in [1.82, 2.24) is 4.90 Å². The van der Waals surface area contributed by atoms with Crippen LogP contribution < -0.4 is 0 Å². The number of fused-ring (bicyclic) bond motifs is 2. The number of rotatable bonds is 3. The Bertz CT molecular complexity index is 804. The van der Waals surface area contributed by atoms with Gasteiger partial charge in [0.05, 0.1) is 18.5 Å². The molecule has 2 aliphatic rings. The number of amidine groups is 1. The molecule has 5 heteroatoms. The van der Waals surface area contributed by atoms with Gasteiger partial charge in [0, 0.05) is 27.3 Å². The molecule has 0 saturated heterocycles. The third kappa shape index (κ3) is 1.95. The highest BCUT2D eigenvalue weighted by Gasteiger charge is 2.33. The largest absolute Gasteiger partial charge is 0.464 e. The molecule has 0 N–H and O–H groups in total. The monoisotopic (exact) mass is 314 g/mol. The number of furan rings is 1. The highest BCUT2D eigenvalue weighted by molar-refractivity contribution is 8.17. The Hall–Kier alpha value is -1.59. The van der Waals surface area contributed by atoms with Crippen molar-refractivity contribution in [2.75, 3.05) is 19.3 Å². The molecule has 0 unspecified atom stereocenters. The summed E-state index contributed by atoms with van der Waals surface area (Å²) in [6, 6.07) is 6.40. The first-order valence-electron chi connectivity index (χ1n) is 6.74. The molecule has 0 saturated carbocycles. The van der Waals surface area contributed by atoms with Crippen LogP contribution in [0.1, 0.15) is 5.56 Å². The van der Waals surface area contributed by atoms with E-state index in [9.17, 15) is 0 Å². The van der Waals surface area contributed by atoms with Crippen molar-refractivity contribution in [1.29, 1.82) is 0 Å². The van der Waals surface area contributed by atoms with Crippen LogP contribution in [0.5, 0.6) is 0 Å². The van der Waals surface area contributed by atoms with E-state index in [1.54, 1.807) is 29.8 Å². The zero-order chi connectivity index (χ0) is 14.4. The van der Waals surface area contributed by atoms with Gasteiger partial charge in [-0.2, -0.15) is 0 Å². The number of allylic oxidation sites excluding steroid dienone is 1. The Balaban J connectivity index is 1.98. The topological polar surface area (TPSA) is 28.7 Å². The summed E-state index contributed by atoms with van der Waals surface area (Å²) in [6.45, 7) is 5.75. The fourth-order valence-corrected chi connectivity index (χ4v) is 4.29. The maximum atomic E-state index is 5.75. The zero-order valence-corrected chi connectivity index (χ0v) is 13.3. The molecule has 0 bridgehead atoms. The van der Waals surface area contributed by atoms with Crippen LogP contribution in [0, 0.1) is 0 Å². The smallest absolute Gasteiger partial charge is 0.168 e.